The van der Waals surface area contributed by atoms with Crippen LogP contribution < -0.4 is 0 Å². The van der Waals surface area contributed by atoms with Crippen LogP contribution in [0.4, 0.5) is 8.78 Å². The summed E-state index contributed by atoms with van der Waals surface area (Å²) in [6.07, 6.45) is 7.76. The summed E-state index contributed by atoms with van der Waals surface area (Å²) in [4.78, 5) is 21.9. The summed E-state index contributed by atoms with van der Waals surface area (Å²) in [5, 5.41) is 24.8. The van der Waals surface area contributed by atoms with Gasteiger partial charge in [-0.2, -0.15) is 10.2 Å². The highest BCUT2D eigenvalue weighted by atomic mass is 19.1. The van der Waals surface area contributed by atoms with Crippen molar-refractivity contribution in [2.75, 3.05) is 0 Å². The average molecular weight is 552 g/mol. The van der Waals surface area contributed by atoms with E-state index >= 15 is 0 Å². The second kappa shape index (κ2) is 11.0. The van der Waals surface area contributed by atoms with Gasteiger partial charge in [-0.3, -0.25) is 0 Å². The van der Waals surface area contributed by atoms with Crippen LogP contribution >= 0.6 is 0 Å². The van der Waals surface area contributed by atoms with Crippen LogP contribution in [0.25, 0.3) is 5.78 Å². The lowest BCUT2D eigenvalue weighted by Crippen LogP contribution is -2.46. The zero-order valence-corrected chi connectivity index (χ0v) is 22.3. The van der Waals surface area contributed by atoms with Crippen molar-refractivity contribution < 1.29 is 23.4 Å². The van der Waals surface area contributed by atoms with Crippen molar-refractivity contribution in [3.05, 3.63) is 70.0 Å². The van der Waals surface area contributed by atoms with Crippen molar-refractivity contribution in [2.45, 2.75) is 90.6 Å². The maximum Gasteiger partial charge on any atom is 0.338 e. The molecule has 1 aromatic carbocycles. The zero-order valence-electron chi connectivity index (χ0n) is 22.3. The number of hydrogen-bond donors (Lipinski definition) is 1. The summed E-state index contributed by atoms with van der Waals surface area (Å²) >= 11 is 0. The smallest absolute Gasteiger partial charge is 0.338 e. The molecule has 3 heterocycles. The molecule has 1 aliphatic heterocycles. The highest BCUT2D eigenvalue weighted by molar-refractivity contribution is 5.90. The van der Waals surface area contributed by atoms with Gasteiger partial charge >= 0.3 is 5.97 Å². The molecule has 1 fully saturated rings. The Morgan fingerprint density at radius 1 is 1.25 bits per heavy atom. The summed E-state index contributed by atoms with van der Waals surface area (Å²) in [7, 11) is 0. The molecule has 8 nitrogen and oxygen atoms in total. The van der Waals surface area contributed by atoms with Crippen molar-refractivity contribution in [3.63, 3.8) is 0 Å². The Kier molecular flexibility index (Phi) is 7.97. The fourth-order valence-electron chi connectivity index (χ4n) is 5.92. The molecule has 10 heteroatoms. The van der Waals surface area contributed by atoms with Crippen molar-refractivity contribution in [2.24, 2.45) is 5.92 Å². The molecule has 5 rings (SSSR count). The first-order valence-corrected chi connectivity index (χ1v) is 13.2. The number of aliphatic hydroxyl groups is 1. The van der Waals surface area contributed by atoms with Gasteiger partial charge in [0.25, 0.3) is 5.78 Å². The molecular formula is C30H35F2N5O3. The van der Waals surface area contributed by atoms with E-state index in [1.165, 1.54) is 30.5 Å². The minimum Gasteiger partial charge on any atom is -0.512 e. The number of carbonyl (C=O) groups excluding carboxylic acids is 1. The molecule has 0 bridgehead atoms. The number of aliphatic hydroxyl groups excluding tert-OH is 1. The maximum atomic E-state index is 14.9. The van der Waals surface area contributed by atoms with E-state index in [0.29, 0.717) is 23.6 Å². The molecule has 212 valence electrons. The van der Waals surface area contributed by atoms with E-state index in [1.54, 1.807) is 12.4 Å². The Labute approximate surface area is 232 Å². The monoisotopic (exact) mass is 551 g/mol. The van der Waals surface area contributed by atoms with E-state index in [1.807, 2.05) is 13.0 Å². The van der Waals surface area contributed by atoms with Gasteiger partial charge in [0.1, 0.15) is 23.0 Å². The van der Waals surface area contributed by atoms with Crippen LogP contribution in [0.1, 0.15) is 82.3 Å². The highest BCUT2D eigenvalue weighted by Gasteiger charge is 2.48. The molecule has 1 unspecified atom stereocenters. The normalized spacial score (nSPS) is 19.9. The predicted octanol–water partition coefficient (Wildman–Crippen LogP) is 6.01. The molecule has 1 aliphatic carbocycles. The molecule has 0 radical (unpaired) electrons. The van der Waals surface area contributed by atoms with E-state index in [4.69, 9.17) is 4.74 Å². The molecule has 0 spiro atoms. The van der Waals surface area contributed by atoms with E-state index in [0.717, 1.165) is 31.2 Å². The lowest BCUT2D eigenvalue weighted by Gasteiger charge is -2.41. The quantitative estimate of drug-likeness (QED) is 0.358. The molecule has 3 aromatic rings. The Morgan fingerprint density at radius 2 is 1.93 bits per heavy atom. The number of esters is 1. The molecule has 1 atom stereocenters. The van der Waals surface area contributed by atoms with Gasteiger partial charge in [0, 0.05) is 30.8 Å². The largest absolute Gasteiger partial charge is 0.512 e. The summed E-state index contributed by atoms with van der Waals surface area (Å²) < 4.78 is 37.4. The number of fused-ring (bicyclic) bond motifs is 1. The molecule has 1 N–H and O–H groups in total. The maximum absolute atomic E-state index is 14.9. The Hall–Kier alpha value is -3.87. The fourth-order valence-corrected chi connectivity index (χ4v) is 5.92. The van der Waals surface area contributed by atoms with Gasteiger partial charge in [-0.05, 0) is 75.6 Å². The number of ether oxygens (including phenoxy) is 1. The van der Waals surface area contributed by atoms with Gasteiger partial charge in [-0.1, -0.05) is 20.3 Å². The number of hydrogen-bond acceptors (Lipinski definition) is 7. The molecule has 0 saturated heterocycles. The minimum atomic E-state index is -1.31. The van der Waals surface area contributed by atoms with Crippen LogP contribution in [-0.2, 0) is 27.8 Å². The first kappa shape index (κ1) is 29.1. The average Bonchev–Trinajstić information content (AvgIpc) is 3.55. The van der Waals surface area contributed by atoms with Crippen LogP contribution in [0.3, 0.4) is 0 Å². The van der Waals surface area contributed by atoms with Gasteiger partial charge in [-0.15, -0.1) is 5.10 Å². The summed E-state index contributed by atoms with van der Waals surface area (Å²) in [6.45, 7) is 4.82. The first-order valence-electron chi connectivity index (χ1n) is 13.2. The number of nitrogens with zero attached hydrogens (tertiary/aromatic N) is 5. The number of halogens is 2. The number of benzene rings is 1. The summed E-state index contributed by atoms with van der Waals surface area (Å²) in [6, 6.07) is 4.44. The number of carbonyl (C=O) groups is 1. The molecule has 2 aliphatic rings. The third kappa shape index (κ3) is 5.42. The third-order valence-corrected chi connectivity index (χ3v) is 8.00. The number of aryl methyl sites for hydroxylation is 2. The van der Waals surface area contributed by atoms with E-state index in [2.05, 4.69) is 15.1 Å². The van der Waals surface area contributed by atoms with Crippen LogP contribution in [0.2, 0.25) is 0 Å². The Morgan fingerprint density at radius 3 is 2.55 bits per heavy atom. The van der Waals surface area contributed by atoms with Crippen LogP contribution in [-0.4, -0.2) is 36.3 Å². The van der Waals surface area contributed by atoms with Crippen LogP contribution in [0, 0.1) is 35.8 Å². The van der Waals surface area contributed by atoms with Gasteiger partial charge in [0.2, 0.25) is 0 Å². The van der Waals surface area contributed by atoms with E-state index < -0.39 is 28.6 Å². The van der Waals surface area contributed by atoms with Crippen LogP contribution in [0.5, 0.6) is 0 Å². The Bertz CT molecular complexity index is 1490. The predicted molar refractivity (Wildman–Crippen MR) is 144 cm³/mol. The molecule has 1 saturated carbocycles. The minimum absolute atomic E-state index is 0. The second-order valence-corrected chi connectivity index (χ2v) is 11.3. The van der Waals surface area contributed by atoms with Crippen molar-refractivity contribution >= 4 is 11.7 Å². The van der Waals surface area contributed by atoms with E-state index in [-0.39, 0.29) is 49.5 Å². The van der Waals surface area contributed by atoms with Crippen molar-refractivity contribution in [3.8, 4) is 6.07 Å². The van der Waals surface area contributed by atoms with Crippen LogP contribution in [0.15, 0.2) is 35.9 Å². The number of cyclic esters (lactones) is 1. The SMILES string of the molecule is C.Cc1cnc2nc(CC3=C(O)CC(CCc4cc(F)c(C(C)(C)C#N)c(F)c4)(C4CCCC4)OC3=O)nn2c1. The number of aromatic nitrogens is 4. The van der Waals surface area contributed by atoms with Gasteiger partial charge in [0.05, 0.1) is 17.1 Å². The molecule has 2 aromatic heterocycles. The number of nitriles is 1. The Balaban J connectivity index is 0.00000370. The van der Waals surface area contributed by atoms with Gasteiger partial charge < -0.3 is 9.84 Å². The second-order valence-electron chi connectivity index (χ2n) is 11.3. The standard InChI is InChI=1S/C29H31F2N5O3.CH4/c1-17-14-33-27-34-24(35-36(27)15-17)12-20-23(37)13-29(39-26(20)38,19-6-4-5-7-19)9-8-18-10-21(30)25(22(31)11-18)28(2,3)16-32;/h10-11,14-15,19,37H,4-9,12-13H2,1-3H3;1H4. The molecule has 40 heavy (non-hydrogen) atoms. The summed E-state index contributed by atoms with van der Waals surface area (Å²) in [5.41, 5.74) is -1.14. The van der Waals surface area contributed by atoms with Crippen molar-refractivity contribution in [1.82, 2.24) is 19.6 Å². The van der Waals surface area contributed by atoms with Gasteiger partial charge in [0.15, 0.2) is 5.82 Å². The van der Waals surface area contributed by atoms with Gasteiger partial charge in [-0.25, -0.2) is 23.1 Å². The summed E-state index contributed by atoms with van der Waals surface area (Å²) in [5.74, 6) is -1.49. The highest BCUT2D eigenvalue weighted by Crippen LogP contribution is 2.46. The lowest BCUT2D eigenvalue weighted by molar-refractivity contribution is -0.167. The molecular weight excluding hydrogens is 516 g/mol. The number of rotatable bonds is 7. The topological polar surface area (TPSA) is 113 Å². The third-order valence-electron chi connectivity index (χ3n) is 8.00. The first-order chi connectivity index (χ1) is 18.5. The zero-order chi connectivity index (χ0) is 27.9. The molecule has 0 amide bonds. The lowest BCUT2D eigenvalue weighted by atomic mass is 9.76. The fraction of sp³-hybridized carbons (Fsp3) is 0.500. The van der Waals surface area contributed by atoms with Crippen molar-refractivity contribution in [1.29, 1.82) is 5.26 Å². The van der Waals surface area contributed by atoms with E-state index in [9.17, 15) is 23.9 Å².